The van der Waals surface area contributed by atoms with E-state index in [4.69, 9.17) is 0 Å². The topological polar surface area (TPSA) is 42.7 Å². The lowest BCUT2D eigenvalue weighted by molar-refractivity contribution is -0.579. The van der Waals surface area contributed by atoms with Crippen molar-refractivity contribution in [1.29, 1.82) is 0 Å². The molecule has 2 aromatic rings. The molecule has 2 heterocycles. The minimum absolute atomic E-state index is 0.599. The molecule has 0 aliphatic heterocycles. The fraction of sp³-hybridized carbons (Fsp3) is 0.125. The van der Waals surface area contributed by atoms with Crippen LogP contribution < -0.4 is 4.73 Å². The van der Waals surface area contributed by atoms with Crippen LogP contribution in [0.15, 0.2) is 22.8 Å². The normalized spacial score (nSPS) is 10.8. The Kier molecular flexibility index (Phi) is 1.58. The summed E-state index contributed by atoms with van der Waals surface area (Å²) >= 11 is 3.37. The molecule has 0 aromatic carbocycles. The number of aromatic nitrogens is 2. The van der Waals surface area contributed by atoms with Gasteiger partial charge in [-0.15, -0.1) is 0 Å². The van der Waals surface area contributed by atoms with Crippen molar-refractivity contribution in [3.8, 4) is 0 Å². The number of rotatable bonds is 0. The number of nitrogens with one attached hydrogen (secondary N) is 1. The fourth-order valence-corrected chi connectivity index (χ4v) is 1.65. The number of aromatic amines is 1. The van der Waals surface area contributed by atoms with Crippen molar-refractivity contribution in [2.45, 2.75) is 6.92 Å². The van der Waals surface area contributed by atoms with Crippen LogP contribution in [0.1, 0.15) is 5.69 Å². The second-order valence-corrected chi connectivity index (χ2v) is 3.56. The summed E-state index contributed by atoms with van der Waals surface area (Å²) < 4.78 is 1.77. The number of nitrogens with zero attached hydrogens (tertiary/aromatic N) is 1. The molecule has 62 valence electrons. The summed E-state index contributed by atoms with van der Waals surface area (Å²) in [5.74, 6) is 0. The SMILES string of the molecule is Cc1cc2c(Br)cc[n+]([O-])c2[nH]1. The zero-order valence-corrected chi connectivity index (χ0v) is 8.05. The average Bonchev–Trinajstić information content (AvgIpc) is 2.41. The summed E-state index contributed by atoms with van der Waals surface area (Å²) in [4.78, 5) is 2.99. The first-order chi connectivity index (χ1) is 5.68. The molecule has 0 saturated carbocycles. The summed E-state index contributed by atoms with van der Waals surface area (Å²) in [5, 5.41) is 12.1. The van der Waals surface area contributed by atoms with E-state index < -0.39 is 0 Å². The Labute approximate surface area is 77.7 Å². The highest BCUT2D eigenvalue weighted by Gasteiger charge is 2.08. The van der Waals surface area contributed by atoms with E-state index >= 15 is 0 Å². The molecule has 3 nitrogen and oxygen atoms in total. The van der Waals surface area contributed by atoms with Crippen LogP contribution in [0.2, 0.25) is 0 Å². The molecule has 0 aliphatic rings. The first kappa shape index (κ1) is 7.61. The standard InChI is InChI=1S/C8H7BrN2O/c1-5-4-6-7(9)2-3-11(12)8(6)10-5/h2-4,10H,1H3. The molecular weight excluding hydrogens is 220 g/mol. The van der Waals surface area contributed by atoms with Crippen molar-refractivity contribution >= 4 is 27.0 Å². The smallest absolute Gasteiger partial charge is 0.290 e. The highest BCUT2D eigenvalue weighted by Crippen LogP contribution is 2.21. The fourth-order valence-electron chi connectivity index (χ4n) is 1.23. The Morgan fingerprint density at radius 1 is 1.58 bits per heavy atom. The molecule has 4 heteroatoms. The van der Waals surface area contributed by atoms with Crippen molar-refractivity contribution in [3.63, 3.8) is 0 Å². The molecular formula is C8H7BrN2O. The number of hydrogen-bond acceptors (Lipinski definition) is 1. The van der Waals surface area contributed by atoms with Crippen LogP contribution >= 0.6 is 15.9 Å². The van der Waals surface area contributed by atoms with Gasteiger partial charge in [0.2, 0.25) is 0 Å². The molecule has 0 fully saturated rings. The van der Waals surface area contributed by atoms with Gasteiger partial charge in [0.25, 0.3) is 5.65 Å². The van der Waals surface area contributed by atoms with Crippen molar-refractivity contribution in [2.24, 2.45) is 0 Å². The number of halogens is 1. The van der Waals surface area contributed by atoms with Crippen LogP contribution in [-0.4, -0.2) is 4.98 Å². The molecule has 0 spiro atoms. The number of pyridine rings is 1. The quantitative estimate of drug-likeness (QED) is 0.541. The van der Waals surface area contributed by atoms with Gasteiger partial charge in [0, 0.05) is 4.47 Å². The number of hydrogen-bond donors (Lipinski definition) is 1. The second-order valence-electron chi connectivity index (χ2n) is 2.70. The van der Waals surface area contributed by atoms with Gasteiger partial charge in [-0.05, 0) is 35.0 Å². The van der Waals surface area contributed by atoms with Gasteiger partial charge >= 0.3 is 0 Å². The van der Waals surface area contributed by atoms with Gasteiger partial charge in [0.1, 0.15) is 0 Å². The molecule has 1 N–H and O–H groups in total. The molecule has 0 amide bonds. The number of H-pyrrole nitrogens is 1. The molecule has 0 radical (unpaired) electrons. The van der Waals surface area contributed by atoms with E-state index in [0.717, 1.165) is 20.3 Å². The zero-order valence-electron chi connectivity index (χ0n) is 6.47. The van der Waals surface area contributed by atoms with Crippen molar-refractivity contribution in [2.75, 3.05) is 0 Å². The van der Waals surface area contributed by atoms with Gasteiger partial charge in [-0.3, -0.25) is 0 Å². The van der Waals surface area contributed by atoms with Crippen LogP contribution in [0.5, 0.6) is 0 Å². The van der Waals surface area contributed by atoms with Gasteiger partial charge < -0.3 is 5.21 Å². The van der Waals surface area contributed by atoms with Crippen molar-refractivity contribution in [1.82, 2.24) is 4.98 Å². The summed E-state index contributed by atoms with van der Waals surface area (Å²) in [7, 11) is 0. The molecule has 0 saturated heterocycles. The van der Waals surface area contributed by atoms with Crippen LogP contribution in [0.25, 0.3) is 11.0 Å². The molecule has 0 unspecified atom stereocenters. The monoisotopic (exact) mass is 226 g/mol. The third kappa shape index (κ3) is 0.992. The van der Waals surface area contributed by atoms with Crippen LogP contribution in [0.3, 0.4) is 0 Å². The highest BCUT2D eigenvalue weighted by atomic mass is 79.9. The van der Waals surface area contributed by atoms with Crippen molar-refractivity contribution in [3.05, 3.63) is 33.7 Å². The van der Waals surface area contributed by atoms with Crippen molar-refractivity contribution < 1.29 is 4.73 Å². The first-order valence-corrected chi connectivity index (χ1v) is 4.35. The average molecular weight is 227 g/mol. The third-order valence-corrected chi connectivity index (χ3v) is 2.46. The van der Waals surface area contributed by atoms with E-state index in [1.54, 1.807) is 6.07 Å². The third-order valence-electron chi connectivity index (χ3n) is 1.77. The summed E-state index contributed by atoms with van der Waals surface area (Å²) in [6.07, 6.45) is 1.47. The Morgan fingerprint density at radius 2 is 2.33 bits per heavy atom. The maximum Gasteiger partial charge on any atom is 0.290 e. The Balaban J connectivity index is 2.93. The first-order valence-electron chi connectivity index (χ1n) is 3.55. The van der Waals surface area contributed by atoms with Crippen LogP contribution in [0, 0.1) is 12.1 Å². The van der Waals surface area contributed by atoms with Gasteiger partial charge in [-0.2, -0.15) is 0 Å². The van der Waals surface area contributed by atoms with E-state index in [-0.39, 0.29) is 0 Å². The van der Waals surface area contributed by atoms with Gasteiger partial charge in [0.15, 0.2) is 0 Å². The minimum atomic E-state index is 0.599. The second kappa shape index (κ2) is 2.48. The highest BCUT2D eigenvalue weighted by molar-refractivity contribution is 9.10. The molecule has 12 heavy (non-hydrogen) atoms. The lowest BCUT2D eigenvalue weighted by atomic mass is 10.3. The van der Waals surface area contributed by atoms with Crippen LogP contribution in [-0.2, 0) is 0 Å². The van der Waals surface area contributed by atoms with E-state index in [2.05, 4.69) is 20.9 Å². The molecule has 2 rings (SSSR count). The maximum atomic E-state index is 11.2. The lowest BCUT2D eigenvalue weighted by Crippen LogP contribution is -2.26. The minimum Gasteiger partial charge on any atom is -0.711 e. The predicted octanol–water partition coefficient (Wildman–Crippen LogP) is 1.87. The summed E-state index contributed by atoms with van der Waals surface area (Å²) in [6, 6.07) is 3.68. The Morgan fingerprint density at radius 3 is 3.00 bits per heavy atom. The largest absolute Gasteiger partial charge is 0.711 e. The molecule has 2 aromatic heterocycles. The van der Waals surface area contributed by atoms with E-state index in [1.165, 1.54) is 6.20 Å². The molecule has 0 bridgehead atoms. The van der Waals surface area contributed by atoms with Gasteiger partial charge in [0.05, 0.1) is 17.3 Å². The van der Waals surface area contributed by atoms with Gasteiger partial charge in [-0.25, -0.2) is 9.71 Å². The van der Waals surface area contributed by atoms with Gasteiger partial charge in [-0.1, -0.05) is 0 Å². The van der Waals surface area contributed by atoms with E-state index in [1.807, 2.05) is 13.0 Å². The molecule has 0 atom stereocenters. The summed E-state index contributed by atoms with van der Waals surface area (Å²) in [5.41, 5.74) is 1.59. The molecule has 0 aliphatic carbocycles. The summed E-state index contributed by atoms with van der Waals surface area (Å²) in [6.45, 7) is 1.92. The maximum absolute atomic E-state index is 11.2. The number of aryl methyl sites for hydroxylation is 1. The predicted molar refractivity (Wildman–Crippen MR) is 49.7 cm³/mol. The Hall–Kier alpha value is -1.03. The Bertz CT molecular complexity index is 397. The zero-order chi connectivity index (χ0) is 8.72. The van der Waals surface area contributed by atoms with E-state index in [9.17, 15) is 5.21 Å². The number of fused-ring (bicyclic) bond motifs is 1. The van der Waals surface area contributed by atoms with Crippen LogP contribution in [0.4, 0.5) is 0 Å². The lowest BCUT2D eigenvalue weighted by Gasteiger charge is -2.01. The van der Waals surface area contributed by atoms with E-state index in [0.29, 0.717) is 5.65 Å².